The minimum absolute atomic E-state index is 0.0871. The number of ether oxygens (including phenoxy) is 1. The van der Waals surface area contributed by atoms with Crippen molar-refractivity contribution in [1.82, 2.24) is 5.32 Å². The first kappa shape index (κ1) is 21.9. The van der Waals surface area contributed by atoms with E-state index in [4.69, 9.17) is 16.3 Å². The van der Waals surface area contributed by atoms with E-state index >= 15 is 0 Å². The number of nitrogens with zero attached hydrogens (tertiary/aromatic N) is 1. The molecule has 2 saturated heterocycles. The second-order valence-electron chi connectivity index (χ2n) is 8.09. The van der Waals surface area contributed by atoms with Crippen LogP contribution < -0.4 is 15.5 Å². The van der Waals surface area contributed by atoms with Crippen LogP contribution in [0.15, 0.2) is 18.2 Å². The van der Waals surface area contributed by atoms with Gasteiger partial charge in [-0.05, 0) is 56.2 Å². The lowest BCUT2D eigenvalue weighted by Gasteiger charge is -2.33. The second-order valence-corrected chi connectivity index (χ2v) is 8.47. The Morgan fingerprint density at radius 1 is 1.24 bits per heavy atom. The molecule has 29 heavy (non-hydrogen) atoms. The Bertz CT molecular complexity index is 699. The minimum atomic E-state index is -0.119. The van der Waals surface area contributed by atoms with Crippen LogP contribution in [0.5, 0.6) is 0 Å². The van der Waals surface area contributed by atoms with E-state index in [-0.39, 0.29) is 17.9 Å². The van der Waals surface area contributed by atoms with Gasteiger partial charge in [0.25, 0.3) is 5.91 Å². The molecule has 1 aromatic rings. The topological polar surface area (TPSA) is 70.7 Å². The van der Waals surface area contributed by atoms with Crippen molar-refractivity contribution in [3.05, 3.63) is 23.8 Å². The van der Waals surface area contributed by atoms with Crippen LogP contribution >= 0.6 is 11.6 Å². The van der Waals surface area contributed by atoms with Gasteiger partial charge in [-0.1, -0.05) is 6.92 Å². The summed E-state index contributed by atoms with van der Waals surface area (Å²) < 4.78 is 5.62. The summed E-state index contributed by atoms with van der Waals surface area (Å²) in [5.41, 5.74) is 2.18. The first-order chi connectivity index (χ1) is 14.1. The van der Waals surface area contributed by atoms with Crippen LogP contribution in [0, 0.1) is 5.92 Å². The number of anilines is 2. The summed E-state index contributed by atoms with van der Waals surface area (Å²) in [6, 6.07) is 5.62. The molecule has 2 aliphatic heterocycles. The first-order valence-corrected chi connectivity index (χ1v) is 11.2. The van der Waals surface area contributed by atoms with Gasteiger partial charge in [0, 0.05) is 49.9 Å². The number of hydrogen-bond acceptors (Lipinski definition) is 4. The minimum Gasteiger partial charge on any atom is -0.376 e. The summed E-state index contributed by atoms with van der Waals surface area (Å²) >= 11 is 5.67. The summed E-state index contributed by atoms with van der Waals surface area (Å²) in [7, 11) is 0. The molecule has 2 fully saturated rings. The second kappa shape index (κ2) is 10.8. The molecule has 0 spiro atoms. The first-order valence-electron chi connectivity index (χ1n) is 10.7. The number of alkyl halides is 1. The van der Waals surface area contributed by atoms with Crippen LogP contribution in [0.2, 0.25) is 0 Å². The Morgan fingerprint density at radius 3 is 2.72 bits per heavy atom. The van der Waals surface area contributed by atoms with E-state index in [1.54, 1.807) is 6.07 Å². The van der Waals surface area contributed by atoms with Gasteiger partial charge in [0.2, 0.25) is 5.91 Å². The number of hydrogen-bond donors (Lipinski definition) is 2. The Morgan fingerprint density at radius 2 is 2.03 bits per heavy atom. The number of carbonyl (C=O) groups is 2. The predicted molar refractivity (Wildman–Crippen MR) is 117 cm³/mol. The highest BCUT2D eigenvalue weighted by atomic mass is 35.5. The van der Waals surface area contributed by atoms with Crippen molar-refractivity contribution in [3.8, 4) is 0 Å². The highest BCUT2D eigenvalue weighted by Crippen LogP contribution is 2.29. The molecule has 2 aliphatic rings. The molecule has 0 aliphatic carbocycles. The molecular weight excluding hydrogens is 390 g/mol. The number of piperidine rings is 1. The number of rotatable bonds is 8. The van der Waals surface area contributed by atoms with Crippen LogP contribution in [0.1, 0.15) is 55.8 Å². The monoisotopic (exact) mass is 421 g/mol. The maximum atomic E-state index is 13.0. The van der Waals surface area contributed by atoms with Crippen LogP contribution in [0.4, 0.5) is 11.4 Å². The molecule has 1 aromatic carbocycles. The van der Waals surface area contributed by atoms with Gasteiger partial charge in [-0.25, -0.2) is 0 Å². The highest BCUT2D eigenvalue weighted by Gasteiger charge is 2.23. The van der Waals surface area contributed by atoms with Crippen molar-refractivity contribution >= 4 is 34.8 Å². The molecule has 1 atom stereocenters. The quantitative estimate of drug-likeness (QED) is 0.626. The van der Waals surface area contributed by atoms with E-state index < -0.39 is 0 Å². The van der Waals surface area contributed by atoms with Crippen molar-refractivity contribution in [2.45, 2.75) is 51.6 Å². The molecule has 2 heterocycles. The number of nitrogens with one attached hydrogen (secondary N) is 2. The largest absolute Gasteiger partial charge is 0.376 e. The van der Waals surface area contributed by atoms with Gasteiger partial charge in [0.05, 0.1) is 11.7 Å². The Balaban J connectivity index is 1.74. The Labute approximate surface area is 178 Å². The van der Waals surface area contributed by atoms with Crippen molar-refractivity contribution in [2.75, 3.05) is 42.3 Å². The zero-order valence-electron chi connectivity index (χ0n) is 17.2. The van der Waals surface area contributed by atoms with Crippen LogP contribution in [0.3, 0.4) is 0 Å². The Kier molecular flexibility index (Phi) is 8.19. The third kappa shape index (κ3) is 6.34. The van der Waals surface area contributed by atoms with Crippen molar-refractivity contribution < 1.29 is 14.3 Å². The van der Waals surface area contributed by atoms with Gasteiger partial charge in [0.15, 0.2) is 0 Å². The van der Waals surface area contributed by atoms with E-state index in [2.05, 4.69) is 22.5 Å². The van der Waals surface area contributed by atoms with E-state index in [0.717, 1.165) is 51.1 Å². The molecule has 0 aromatic heterocycles. The molecule has 0 unspecified atom stereocenters. The smallest absolute Gasteiger partial charge is 0.253 e. The lowest BCUT2D eigenvalue weighted by molar-refractivity contribution is -0.116. The van der Waals surface area contributed by atoms with E-state index in [9.17, 15) is 9.59 Å². The molecule has 2 amide bonds. The fraction of sp³-hybridized carbons (Fsp3) is 0.636. The molecule has 7 heteroatoms. The summed E-state index contributed by atoms with van der Waals surface area (Å²) in [5.74, 6) is 0.960. The zero-order chi connectivity index (χ0) is 20.6. The fourth-order valence-electron chi connectivity index (χ4n) is 3.88. The Hall–Kier alpha value is -1.79. The van der Waals surface area contributed by atoms with E-state index in [1.165, 1.54) is 0 Å². The summed E-state index contributed by atoms with van der Waals surface area (Å²) in [6.07, 6.45) is 5.36. The summed E-state index contributed by atoms with van der Waals surface area (Å²) in [5, 5.41) is 5.91. The maximum absolute atomic E-state index is 13.0. The number of halogens is 1. The maximum Gasteiger partial charge on any atom is 0.253 e. The van der Waals surface area contributed by atoms with Crippen LogP contribution in [-0.4, -0.2) is 50.0 Å². The predicted octanol–water partition coefficient (Wildman–Crippen LogP) is 3.79. The van der Waals surface area contributed by atoms with Crippen LogP contribution in [0.25, 0.3) is 0 Å². The van der Waals surface area contributed by atoms with E-state index in [0.29, 0.717) is 42.4 Å². The number of benzene rings is 1. The van der Waals surface area contributed by atoms with Gasteiger partial charge < -0.3 is 20.3 Å². The third-order valence-electron chi connectivity index (χ3n) is 5.70. The molecule has 0 saturated carbocycles. The highest BCUT2D eigenvalue weighted by molar-refractivity contribution is 6.18. The summed E-state index contributed by atoms with van der Waals surface area (Å²) in [4.78, 5) is 27.4. The number of amides is 2. The average Bonchev–Trinajstić information content (AvgIpc) is 3.25. The fourth-order valence-corrected chi connectivity index (χ4v) is 4.01. The lowest BCUT2D eigenvalue weighted by Crippen LogP contribution is -2.36. The molecule has 160 valence electrons. The molecule has 3 rings (SSSR count). The average molecular weight is 422 g/mol. The lowest BCUT2D eigenvalue weighted by atomic mass is 9.97. The van der Waals surface area contributed by atoms with Crippen molar-refractivity contribution in [2.24, 2.45) is 5.92 Å². The molecule has 2 N–H and O–H groups in total. The molecule has 0 radical (unpaired) electrons. The molecular formula is C22H32ClN3O3. The van der Waals surface area contributed by atoms with Gasteiger partial charge in [-0.15, -0.1) is 11.6 Å². The SMILES string of the molecule is CC1CCN(c2ccc(NC(=O)CCCCl)cc2C(=O)NC[C@H]2CCCO2)CC1. The molecule has 0 bridgehead atoms. The van der Waals surface area contributed by atoms with E-state index in [1.807, 2.05) is 12.1 Å². The molecule has 6 nitrogen and oxygen atoms in total. The normalized spacial score (nSPS) is 19.9. The van der Waals surface area contributed by atoms with Gasteiger partial charge in [-0.3, -0.25) is 9.59 Å². The standard InChI is InChI=1S/C22H32ClN3O3/c1-16-8-11-26(12-9-16)20-7-6-17(25-21(27)5-2-10-23)14-19(20)22(28)24-15-18-4-3-13-29-18/h6-7,14,16,18H,2-5,8-13,15H2,1H3,(H,24,28)(H,25,27)/t18-/m1/s1. The number of carbonyl (C=O) groups excluding carboxylic acids is 2. The third-order valence-corrected chi connectivity index (χ3v) is 5.97. The van der Waals surface area contributed by atoms with Crippen LogP contribution in [-0.2, 0) is 9.53 Å². The van der Waals surface area contributed by atoms with Gasteiger partial charge in [0.1, 0.15) is 0 Å². The van der Waals surface area contributed by atoms with Crippen molar-refractivity contribution in [3.63, 3.8) is 0 Å². The summed E-state index contributed by atoms with van der Waals surface area (Å²) in [6.45, 7) is 5.43. The zero-order valence-corrected chi connectivity index (χ0v) is 18.0. The van der Waals surface area contributed by atoms with Crippen molar-refractivity contribution in [1.29, 1.82) is 0 Å². The van der Waals surface area contributed by atoms with Gasteiger partial charge >= 0.3 is 0 Å². The van der Waals surface area contributed by atoms with Gasteiger partial charge in [-0.2, -0.15) is 0 Å².